The van der Waals surface area contributed by atoms with Gasteiger partial charge in [-0.25, -0.2) is 0 Å². The highest BCUT2D eigenvalue weighted by Gasteiger charge is 2.14. The normalized spacial score (nSPS) is 11.1. The molecule has 0 aliphatic heterocycles. The van der Waals surface area contributed by atoms with Crippen molar-refractivity contribution in [3.05, 3.63) is 40.1 Å². The van der Waals surface area contributed by atoms with Crippen LogP contribution in [0.1, 0.15) is 30.9 Å². The van der Waals surface area contributed by atoms with Gasteiger partial charge in [0.2, 0.25) is 4.67 Å². The summed E-state index contributed by atoms with van der Waals surface area (Å²) in [5.41, 5.74) is 4.04. The van der Waals surface area contributed by atoms with Gasteiger partial charge in [-0.15, -0.1) is 11.6 Å². The molecule has 0 atom stereocenters. The van der Waals surface area contributed by atoms with Crippen molar-refractivity contribution in [2.24, 2.45) is 0 Å². The average Bonchev–Trinajstić information content (AvgIpc) is 2.70. The molecular weight excluding hydrogens is 302 g/mol. The Balaban J connectivity index is 2.39. The molecule has 1 aromatic carbocycles. The van der Waals surface area contributed by atoms with Crippen molar-refractivity contribution in [3.63, 3.8) is 0 Å². The molecule has 0 aliphatic rings. The standard InChI is InChI=1S/C13H13BrClNO/c1-8(2)9-3-5-10(6-4-9)12-11(7-15)13(14)17-16-12/h3-6,8H,7H2,1-2H3. The Morgan fingerprint density at radius 3 is 2.47 bits per heavy atom. The maximum atomic E-state index is 5.88. The Morgan fingerprint density at radius 1 is 1.29 bits per heavy atom. The van der Waals surface area contributed by atoms with E-state index in [1.165, 1.54) is 5.56 Å². The van der Waals surface area contributed by atoms with Crippen molar-refractivity contribution in [2.75, 3.05) is 0 Å². The molecule has 2 rings (SSSR count). The number of alkyl halides is 1. The molecular formula is C13H13BrClNO. The van der Waals surface area contributed by atoms with Gasteiger partial charge in [-0.1, -0.05) is 43.3 Å². The largest absolute Gasteiger partial charge is 0.348 e. The van der Waals surface area contributed by atoms with Crippen LogP contribution in [-0.2, 0) is 5.88 Å². The summed E-state index contributed by atoms with van der Waals surface area (Å²) >= 11 is 9.18. The van der Waals surface area contributed by atoms with Crippen LogP contribution in [0.5, 0.6) is 0 Å². The monoisotopic (exact) mass is 313 g/mol. The molecule has 0 unspecified atom stereocenters. The minimum absolute atomic E-state index is 0.380. The summed E-state index contributed by atoms with van der Waals surface area (Å²) in [5.74, 6) is 0.909. The van der Waals surface area contributed by atoms with Crippen LogP contribution in [-0.4, -0.2) is 5.16 Å². The lowest BCUT2D eigenvalue weighted by Gasteiger charge is -2.05. The minimum Gasteiger partial charge on any atom is -0.348 e. The summed E-state index contributed by atoms with van der Waals surface area (Å²) in [4.78, 5) is 0. The SMILES string of the molecule is CC(C)c1ccc(-c2noc(Br)c2CCl)cc1. The number of rotatable bonds is 3. The molecule has 0 spiro atoms. The van der Waals surface area contributed by atoms with E-state index in [2.05, 4.69) is 59.2 Å². The Kier molecular flexibility index (Phi) is 3.89. The van der Waals surface area contributed by atoms with Crippen LogP contribution in [0.25, 0.3) is 11.3 Å². The summed E-state index contributed by atoms with van der Waals surface area (Å²) in [6.07, 6.45) is 0. The zero-order valence-electron chi connectivity index (χ0n) is 9.71. The van der Waals surface area contributed by atoms with Gasteiger partial charge in [0.25, 0.3) is 0 Å². The van der Waals surface area contributed by atoms with Gasteiger partial charge in [-0.05, 0) is 27.4 Å². The van der Waals surface area contributed by atoms with Crippen LogP contribution in [0.15, 0.2) is 33.5 Å². The van der Waals surface area contributed by atoms with Gasteiger partial charge in [-0.2, -0.15) is 0 Å². The topological polar surface area (TPSA) is 26.0 Å². The summed E-state index contributed by atoms with van der Waals surface area (Å²) in [6, 6.07) is 8.33. The highest BCUT2D eigenvalue weighted by molar-refractivity contribution is 9.10. The van der Waals surface area contributed by atoms with Crippen LogP contribution in [0, 0.1) is 0 Å². The van der Waals surface area contributed by atoms with E-state index < -0.39 is 0 Å². The van der Waals surface area contributed by atoms with Crippen LogP contribution in [0.4, 0.5) is 0 Å². The van der Waals surface area contributed by atoms with Gasteiger partial charge in [0, 0.05) is 11.1 Å². The van der Waals surface area contributed by atoms with Crippen molar-refractivity contribution in [2.45, 2.75) is 25.6 Å². The Hall–Kier alpha value is -0.800. The molecule has 0 amide bonds. The summed E-state index contributed by atoms with van der Waals surface area (Å²) in [5, 5.41) is 4.03. The predicted octanol–water partition coefficient (Wildman–Crippen LogP) is 4.97. The van der Waals surface area contributed by atoms with Crippen LogP contribution < -0.4 is 0 Å². The van der Waals surface area contributed by atoms with Gasteiger partial charge in [0.1, 0.15) is 5.69 Å². The number of benzene rings is 1. The molecule has 2 aromatic rings. The fourth-order valence-electron chi connectivity index (χ4n) is 1.66. The molecule has 4 heteroatoms. The molecule has 0 fully saturated rings. The quantitative estimate of drug-likeness (QED) is 0.748. The predicted molar refractivity (Wildman–Crippen MR) is 73.3 cm³/mol. The van der Waals surface area contributed by atoms with Crippen LogP contribution in [0.3, 0.4) is 0 Å². The number of halogens is 2. The van der Waals surface area contributed by atoms with Crippen molar-refractivity contribution in [3.8, 4) is 11.3 Å². The Labute approximate surface area is 114 Å². The first-order valence-corrected chi connectivity index (χ1v) is 6.76. The fourth-order valence-corrected chi connectivity index (χ4v) is 2.47. The van der Waals surface area contributed by atoms with Crippen molar-refractivity contribution < 1.29 is 4.52 Å². The van der Waals surface area contributed by atoms with E-state index >= 15 is 0 Å². The molecule has 0 radical (unpaired) electrons. The third-order valence-corrected chi connectivity index (χ3v) is 3.62. The van der Waals surface area contributed by atoms with E-state index in [1.54, 1.807) is 0 Å². The number of hydrogen-bond acceptors (Lipinski definition) is 2. The zero-order valence-corrected chi connectivity index (χ0v) is 12.0. The first-order chi connectivity index (χ1) is 8.13. The highest BCUT2D eigenvalue weighted by atomic mass is 79.9. The first kappa shape index (κ1) is 12.7. The molecule has 1 aromatic heterocycles. The van der Waals surface area contributed by atoms with Crippen molar-refractivity contribution in [1.82, 2.24) is 5.16 Å². The lowest BCUT2D eigenvalue weighted by atomic mass is 10.00. The van der Waals surface area contributed by atoms with Gasteiger partial charge in [-0.3, -0.25) is 0 Å². The molecule has 0 saturated heterocycles. The molecule has 0 bridgehead atoms. The first-order valence-electron chi connectivity index (χ1n) is 5.43. The second-order valence-electron chi connectivity index (χ2n) is 4.19. The second-order valence-corrected chi connectivity index (χ2v) is 5.18. The number of aromatic nitrogens is 1. The van der Waals surface area contributed by atoms with E-state index in [4.69, 9.17) is 16.1 Å². The van der Waals surface area contributed by atoms with E-state index in [-0.39, 0.29) is 0 Å². The smallest absolute Gasteiger partial charge is 0.206 e. The average molecular weight is 315 g/mol. The highest BCUT2D eigenvalue weighted by Crippen LogP contribution is 2.30. The summed E-state index contributed by atoms with van der Waals surface area (Å²) in [6.45, 7) is 4.35. The molecule has 0 N–H and O–H groups in total. The lowest BCUT2D eigenvalue weighted by Crippen LogP contribution is -1.88. The van der Waals surface area contributed by atoms with Gasteiger partial charge < -0.3 is 4.52 Å². The maximum absolute atomic E-state index is 5.88. The fraction of sp³-hybridized carbons (Fsp3) is 0.308. The number of hydrogen-bond donors (Lipinski definition) is 0. The maximum Gasteiger partial charge on any atom is 0.206 e. The van der Waals surface area contributed by atoms with Gasteiger partial charge in [0.15, 0.2) is 0 Å². The molecule has 0 saturated carbocycles. The Bertz CT molecular complexity index is 505. The molecule has 0 aliphatic carbocycles. The minimum atomic E-state index is 0.380. The zero-order chi connectivity index (χ0) is 12.4. The third kappa shape index (κ3) is 2.55. The van der Waals surface area contributed by atoms with Crippen LogP contribution in [0.2, 0.25) is 0 Å². The molecule has 1 heterocycles. The van der Waals surface area contributed by atoms with Crippen molar-refractivity contribution in [1.29, 1.82) is 0 Å². The summed E-state index contributed by atoms with van der Waals surface area (Å²) < 4.78 is 5.71. The Morgan fingerprint density at radius 2 is 1.94 bits per heavy atom. The van der Waals surface area contributed by atoms with Crippen LogP contribution >= 0.6 is 27.5 Å². The van der Waals surface area contributed by atoms with Crippen molar-refractivity contribution >= 4 is 27.5 Å². The summed E-state index contributed by atoms with van der Waals surface area (Å²) in [7, 11) is 0. The molecule has 2 nitrogen and oxygen atoms in total. The van der Waals surface area contributed by atoms with E-state index in [9.17, 15) is 0 Å². The lowest BCUT2D eigenvalue weighted by molar-refractivity contribution is 0.401. The second kappa shape index (κ2) is 5.23. The van der Waals surface area contributed by atoms with Gasteiger partial charge in [0.05, 0.1) is 5.88 Å². The van der Waals surface area contributed by atoms with Gasteiger partial charge >= 0.3 is 0 Å². The molecule has 17 heavy (non-hydrogen) atoms. The van der Waals surface area contributed by atoms with E-state index in [1.807, 2.05) is 0 Å². The molecule has 90 valence electrons. The van der Waals surface area contributed by atoms with E-state index in [0.29, 0.717) is 16.5 Å². The number of nitrogens with zero attached hydrogens (tertiary/aromatic N) is 1. The van der Waals surface area contributed by atoms with E-state index in [0.717, 1.165) is 16.8 Å². The third-order valence-electron chi connectivity index (χ3n) is 2.72.